The second-order valence-electron chi connectivity index (χ2n) is 2.70. The molecule has 0 aliphatic rings. The van der Waals surface area contributed by atoms with Crippen LogP contribution >= 0.6 is 12.6 Å². The van der Waals surface area contributed by atoms with Crippen LogP contribution in [0.15, 0.2) is 23.4 Å². The topological polar surface area (TPSA) is 82.0 Å². The maximum atomic E-state index is 9.48. The molecule has 1 heterocycles. The molecule has 0 saturated carbocycles. The summed E-state index contributed by atoms with van der Waals surface area (Å²) < 4.78 is 0. The average molecular weight is 209 g/mol. The van der Waals surface area contributed by atoms with E-state index in [1.54, 1.807) is 6.07 Å². The van der Waals surface area contributed by atoms with E-state index in [0.29, 0.717) is 16.5 Å². The highest BCUT2D eigenvalue weighted by Crippen LogP contribution is 2.29. The minimum Gasteiger partial charge on any atom is -0.508 e. The van der Waals surface area contributed by atoms with Gasteiger partial charge in [-0.05, 0) is 12.1 Å². The number of nitrogens with zero attached hydrogens (tertiary/aromatic N) is 2. The number of aromatic hydroxyl groups is 2. The molecule has 0 radical (unpaired) electrons. The number of rotatable bonds is 1. The molecule has 1 aromatic heterocycles. The van der Waals surface area contributed by atoms with Crippen molar-refractivity contribution >= 4 is 12.6 Å². The van der Waals surface area contributed by atoms with Crippen molar-refractivity contribution in [3.8, 4) is 22.9 Å². The molecule has 2 aromatic rings. The third kappa shape index (κ3) is 1.51. The lowest BCUT2D eigenvalue weighted by atomic mass is 10.2. The van der Waals surface area contributed by atoms with E-state index in [4.69, 9.17) is 5.11 Å². The van der Waals surface area contributed by atoms with E-state index in [-0.39, 0.29) is 11.5 Å². The van der Waals surface area contributed by atoms with E-state index < -0.39 is 0 Å². The number of hydrogen-bond donors (Lipinski definition) is 4. The maximum absolute atomic E-state index is 9.48. The lowest BCUT2D eigenvalue weighted by molar-refractivity contribution is 0.451. The van der Waals surface area contributed by atoms with Gasteiger partial charge in [-0.2, -0.15) is 0 Å². The van der Waals surface area contributed by atoms with Crippen molar-refractivity contribution in [2.45, 2.75) is 5.16 Å². The monoisotopic (exact) mass is 209 g/mol. The molecule has 0 unspecified atom stereocenters. The molecule has 2 rings (SSSR count). The molecule has 0 aliphatic heterocycles. The average Bonchev–Trinajstić information content (AvgIpc) is 2.51. The summed E-state index contributed by atoms with van der Waals surface area (Å²) in [4.78, 5) is 2.75. The summed E-state index contributed by atoms with van der Waals surface area (Å²) in [6.07, 6.45) is 0. The van der Waals surface area contributed by atoms with Crippen molar-refractivity contribution in [2.24, 2.45) is 0 Å². The fourth-order valence-corrected chi connectivity index (χ4v) is 1.25. The van der Waals surface area contributed by atoms with Gasteiger partial charge in [-0.25, -0.2) is 0 Å². The lowest BCUT2D eigenvalue weighted by Gasteiger charge is -2.00. The highest BCUT2D eigenvalue weighted by Gasteiger charge is 2.08. The van der Waals surface area contributed by atoms with Gasteiger partial charge in [0.05, 0.1) is 5.56 Å². The van der Waals surface area contributed by atoms with Gasteiger partial charge in [-0.15, -0.1) is 22.8 Å². The first-order chi connectivity index (χ1) is 6.66. The molecular formula is C8H7N3O2S. The normalized spacial score (nSPS) is 10.4. The summed E-state index contributed by atoms with van der Waals surface area (Å²) in [5, 5.41) is 26.3. The Bertz CT molecular complexity index is 469. The van der Waals surface area contributed by atoms with E-state index in [9.17, 15) is 5.11 Å². The zero-order valence-corrected chi connectivity index (χ0v) is 7.86. The van der Waals surface area contributed by atoms with E-state index in [1.165, 1.54) is 12.1 Å². The van der Waals surface area contributed by atoms with Crippen LogP contribution in [0, 0.1) is 0 Å². The zero-order chi connectivity index (χ0) is 10.1. The number of nitrogens with one attached hydrogen (secondary N) is 1. The Kier molecular flexibility index (Phi) is 2.05. The van der Waals surface area contributed by atoms with Crippen LogP contribution in [-0.4, -0.2) is 25.4 Å². The van der Waals surface area contributed by atoms with Crippen LogP contribution in [-0.2, 0) is 0 Å². The molecule has 0 bridgehead atoms. The molecule has 0 fully saturated rings. The van der Waals surface area contributed by atoms with Crippen LogP contribution in [0.4, 0.5) is 0 Å². The predicted octanol–water partition coefficient (Wildman–Crippen LogP) is 1.17. The van der Waals surface area contributed by atoms with E-state index in [2.05, 4.69) is 27.8 Å². The van der Waals surface area contributed by atoms with Gasteiger partial charge in [0.15, 0.2) is 11.0 Å². The van der Waals surface area contributed by atoms with Crippen molar-refractivity contribution < 1.29 is 10.2 Å². The van der Waals surface area contributed by atoms with Gasteiger partial charge < -0.3 is 15.2 Å². The highest BCUT2D eigenvalue weighted by atomic mass is 32.1. The first-order valence-electron chi connectivity index (χ1n) is 3.81. The summed E-state index contributed by atoms with van der Waals surface area (Å²) in [5.74, 6) is 0.346. The Morgan fingerprint density at radius 2 is 2.00 bits per heavy atom. The summed E-state index contributed by atoms with van der Waals surface area (Å²) in [7, 11) is 0. The minimum atomic E-state index is -0.0607. The highest BCUT2D eigenvalue weighted by molar-refractivity contribution is 7.80. The number of phenolic OH excluding ortho intramolecular Hbond substituents is 2. The second kappa shape index (κ2) is 3.22. The van der Waals surface area contributed by atoms with Crippen LogP contribution in [0.5, 0.6) is 11.5 Å². The van der Waals surface area contributed by atoms with Crippen LogP contribution in [0.1, 0.15) is 0 Å². The number of hydrogen-bond acceptors (Lipinski definition) is 5. The number of phenols is 2. The van der Waals surface area contributed by atoms with Gasteiger partial charge in [-0.3, -0.25) is 0 Å². The molecule has 3 N–H and O–H groups in total. The molecule has 0 spiro atoms. The Balaban J connectivity index is 2.52. The molecule has 14 heavy (non-hydrogen) atoms. The Hall–Kier alpha value is -1.69. The van der Waals surface area contributed by atoms with Gasteiger partial charge >= 0.3 is 0 Å². The number of thiol groups is 1. The molecule has 1 aromatic carbocycles. The van der Waals surface area contributed by atoms with Crippen molar-refractivity contribution in [1.29, 1.82) is 0 Å². The van der Waals surface area contributed by atoms with E-state index in [1.807, 2.05) is 0 Å². The zero-order valence-electron chi connectivity index (χ0n) is 6.97. The molecule has 0 amide bonds. The second-order valence-corrected chi connectivity index (χ2v) is 3.12. The standard InChI is InChI=1S/C8H7N3O2S/c12-4-1-2-5(6(13)3-4)7-9-8(14)11-10-7/h1-3,12-13H,(H2,9,10,11,14). The first-order valence-corrected chi connectivity index (χ1v) is 4.25. The van der Waals surface area contributed by atoms with Crippen LogP contribution in [0.3, 0.4) is 0 Å². The van der Waals surface area contributed by atoms with Gasteiger partial charge in [0.2, 0.25) is 0 Å². The maximum Gasteiger partial charge on any atom is 0.185 e. The third-order valence-electron chi connectivity index (χ3n) is 1.71. The fourth-order valence-electron chi connectivity index (χ4n) is 1.09. The van der Waals surface area contributed by atoms with E-state index >= 15 is 0 Å². The van der Waals surface area contributed by atoms with Gasteiger partial charge in [-0.1, -0.05) is 0 Å². The smallest absolute Gasteiger partial charge is 0.185 e. The van der Waals surface area contributed by atoms with Crippen LogP contribution in [0.25, 0.3) is 11.4 Å². The largest absolute Gasteiger partial charge is 0.508 e. The van der Waals surface area contributed by atoms with Crippen molar-refractivity contribution in [3.63, 3.8) is 0 Å². The predicted molar refractivity (Wildman–Crippen MR) is 52.4 cm³/mol. The first kappa shape index (κ1) is 8.89. The summed E-state index contributed by atoms with van der Waals surface area (Å²) in [6, 6.07) is 4.23. The van der Waals surface area contributed by atoms with Gasteiger partial charge in [0.1, 0.15) is 11.5 Å². The van der Waals surface area contributed by atoms with Crippen molar-refractivity contribution in [3.05, 3.63) is 18.2 Å². The van der Waals surface area contributed by atoms with Crippen molar-refractivity contribution in [2.75, 3.05) is 0 Å². The number of benzene rings is 1. The lowest BCUT2D eigenvalue weighted by Crippen LogP contribution is -1.81. The van der Waals surface area contributed by atoms with E-state index in [0.717, 1.165) is 0 Å². The molecule has 72 valence electrons. The summed E-state index contributed by atoms with van der Waals surface area (Å²) in [5.41, 5.74) is 0.468. The number of aromatic amines is 1. The quantitative estimate of drug-likeness (QED) is 0.531. The van der Waals surface area contributed by atoms with Crippen LogP contribution < -0.4 is 0 Å². The fraction of sp³-hybridized carbons (Fsp3) is 0. The molecular weight excluding hydrogens is 202 g/mol. The third-order valence-corrected chi connectivity index (χ3v) is 1.91. The molecule has 0 saturated heterocycles. The van der Waals surface area contributed by atoms with Gasteiger partial charge in [0, 0.05) is 6.07 Å². The Morgan fingerprint density at radius 1 is 1.21 bits per heavy atom. The number of aromatic nitrogens is 3. The molecule has 5 nitrogen and oxygen atoms in total. The molecule has 0 atom stereocenters. The van der Waals surface area contributed by atoms with Gasteiger partial charge in [0.25, 0.3) is 0 Å². The van der Waals surface area contributed by atoms with Crippen LogP contribution in [0.2, 0.25) is 0 Å². The summed E-state index contributed by atoms with van der Waals surface area (Å²) in [6.45, 7) is 0. The van der Waals surface area contributed by atoms with Crippen molar-refractivity contribution in [1.82, 2.24) is 15.2 Å². The SMILES string of the molecule is Oc1ccc(-c2nnc(S)[nH]2)c(O)c1. The molecule has 6 heteroatoms. The molecule has 0 aliphatic carbocycles. The summed E-state index contributed by atoms with van der Waals surface area (Å²) >= 11 is 3.95. The number of H-pyrrole nitrogens is 1. The Labute approximate surface area is 84.8 Å². The minimum absolute atomic E-state index is 0.00291. The Morgan fingerprint density at radius 3 is 2.57 bits per heavy atom.